The topological polar surface area (TPSA) is 9.23 Å². The van der Waals surface area contributed by atoms with Crippen LogP contribution in [0.3, 0.4) is 0 Å². The van der Waals surface area contributed by atoms with Gasteiger partial charge in [0.2, 0.25) is 0 Å². The van der Waals surface area contributed by atoms with E-state index < -0.39 is 0 Å². The van der Waals surface area contributed by atoms with Gasteiger partial charge >= 0.3 is 0 Å². The van der Waals surface area contributed by atoms with E-state index in [4.69, 9.17) is 4.74 Å². The number of hydrogen-bond acceptors (Lipinski definition) is 1. The zero-order valence-corrected chi connectivity index (χ0v) is 8.03. The summed E-state index contributed by atoms with van der Waals surface area (Å²) in [5.41, 5.74) is 2.31. The van der Waals surface area contributed by atoms with Crippen molar-refractivity contribution in [1.82, 2.24) is 0 Å². The predicted molar refractivity (Wildman–Crippen MR) is 57.3 cm³/mol. The Morgan fingerprint density at radius 2 is 1.79 bits per heavy atom. The largest absolute Gasteiger partial charge is 0.497 e. The van der Waals surface area contributed by atoms with Crippen LogP contribution < -0.4 is 4.74 Å². The summed E-state index contributed by atoms with van der Waals surface area (Å²) >= 11 is 0. The van der Waals surface area contributed by atoms with E-state index in [1.54, 1.807) is 7.11 Å². The fourth-order valence-corrected chi connectivity index (χ4v) is 1.37. The monoisotopic (exact) mass is 183 g/mol. The van der Waals surface area contributed by atoms with E-state index in [0.717, 1.165) is 11.3 Å². The summed E-state index contributed by atoms with van der Waals surface area (Å²) in [6, 6.07) is 19.0. The highest BCUT2D eigenvalue weighted by Gasteiger charge is 1.97. The number of rotatable bonds is 2. The molecule has 0 unspecified atom stereocenters. The smallest absolute Gasteiger partial charge is 0.120 e. The summed E-state index contributed by atoms with van der Waals surface area (Å²) in [7, 11) is 1.66. The van der Waals surface area contributed by atoms with Crippen molar-refractivity contribution in [3.63, 3.8) is 0 Å². The quantitative estimate of drug-likeness (QED) is 0.694. The lowest BCUT2D eigenvalue weighted by Crippen LogP contribution is -1.83. The Morgan fingerprint density at radius 3 is 2.50 bits per heavy atom. The van der Waals surface area contributed by atoms with Crippen molar-refractivity contribution >= 4 is 0 Å². The maximum atomic E-state index is 5.15. The van der Waals surface area contributed by atoms with Crippen molar-refractivity contribution in [2.75, 3.05) is 7.11 Å². The molecule has 0 saturated carbocycles. The van der Waals surface area contributed by atoms with Crippen LogP contribution in [0.15, 0.2) is 48.5 Å². The molecule has 0 aliphatic rings. The third-order valence-electron chi connectivity index (χ3n) is 2.11. The minimum absolute atomic E-state index is 0.839. The maximum absolute atomic E-state index is 5.15. The van der Waals surface area contributed by atoms with Crippen molar-refractivity contribution in [3.05, 3.63) is 54.6 Å². The Balaban J connectivity index is 2.42. The van der Waals surface area contributed by atoms with Gasteiger partial charge < -0.3 is 4.74 Å². The first kappa shape index (κ1) is 8.82. The van der Waals surface area contributed by atoms with Crippen LogP contribution in [0.1, 0.15) is 0 Å². The van der Waals surface area contributed by atoms with Crippen molar-refractivity contribution in [2.45, 2.75) is 0 Å². The molecular weight excluding hydrogens is 172 g/mol. The molecule has 0 N–H and O–H groups in total. The van der Waals surface area contributed by atoms with Crippen molar-refractivity contribution in [1.29, 1.82) is 0 Å². The predicted octanol–water partition coefficient (Wildman–Crippen LogP) is 3.16. The highest BCUT2D eigenvalue weighted by atomic mass is 16.5. The van der Waals surface area contributed by atoms with E-state index in [1.165, 1.54) is 5.56 Å². The Labute approximate surface area is 84.0 Å². The van der Waals surface area contributed by atoms with E-state index in [0.29, 0.717) is 0 Å². The number of hydrogen-bond donors (Lipinski definition) is 0. The normalized spacial score (nSPS) is 9.79. The molecule has 0 spiro atoms. The fraction of sp³-hybridized carbons (Fsp3) is 0.0769. The average Bonchev–Trinajstić information content (AvgIpc) is 2.30. The van der Waals surface area contributed by atoms with Gasteiger partial charge in [-0.25, -0.2) is 0 Å². The molecule has 69 valence electrons. The molecule has 0 amide bonds. The summed E-state index contributed by atoms with van der Waals surface area (Å²) in [5.74, 6) is 0.839. The van der Waals surface area contributed by atoms with Crippen molar-refractivity contribution < 1.29 is 4.74 Å². The van der Waals surface area contributed by atoms with Crippen molar-refractivity contribution in [2.24, 2.45) is 0 Å². The molecule has 0 bridgehead atoms. The summed E-state index contributed by atoms with van der Waals surface area (Å²) in [5, 5.41) is 0. The fourth-order valence-electron chi connectivity index (χ4n) is 1.37. The van der Waals surface area contributed by atoms with Crippen LogP contribution in [0.2, 0.25) is 0 Å². The standard InChI is InChI=1S/C13H11O/c1-14-13-9-5-8-12(10-13)11-6-3-2-4-7-11/h2-4,6-10H,1H3. The molecule has 2 aromatic rings. The molecule has 2 aromatic carbocycles. The first-order valence-corrected chi connectivity index (χ1v) is 4.51. The highest BCUT2D eigenvalue weighted by molar-refractivity contribution is 5.64. The molecule has 1 nitrogen and oxygen atoms in total. The minimum atomic E-state index is 0.839. The van der Waals surface area contributed by atoms with Gasteiger partial charge in [-0.05, 0) is 35.4 Å². The molecule has 0 heterocycles. The van der Waals surface area contributed by atoms with E-state index in [9.17, 15) is 0 Å². The lowest BCUT2D eigenvalue weighted by Gasteiger charge is -2.03. The van der Waals surface area contributed by atoms with Crippen molar-refractivity contribution in [3.8, 4) is 16.9 Å². The molecular formula is C13H11O. The molecule has 0 saturated heterocycles. The van der Waals surface area contributed by atoms with Crippen LogP contribution in [0.5, 0.6) is 5.75 Å². The lowest BCUT2D eigenvalue weighted by molar-refractivity contribution is 0.415. The van der Waals surface area contributed by atoms with Crippen LogP contribution >= 0.6 is 0 Å². The van der Waals surface area contributed by atoms with Gasteiger partial charge in [0.1, 0.15) is 5.75 Å². The summed E-state index contributed by atoms with van der Waals surface area (Å²) in [6.45, 7) is 0. The third-order valence-corrected chi connectivity index (χ3v) is 2.11. The molecule has 0 atom stereocenters. The molecule has 0 aromatic heterocycles. The van der Waals surface area contributed by atoms with Crippen LogP contribution in [0, 0.1) is 6.07 Å². The highest BCUT2D eigenvalue weighted by Crippen LogP contribution is 2.22. The molecule has 1 radical (unpaired) electrons. The zero-order valence-electron chi connectivity index (χ0n) is 8.03. The van der Waals surface area contributed by atoms with E-state index in [2.05, 4.69) is 18.2 Å². The molecule has 0 aliphatic carbocycles. The van der Waals surface area contributed by atoms with Crippen LogP contribution in [0.4, 0.5) is 0 Å². The second kappa shape index (κ2) is 3.97. The second-order valence-electron chi connectivity index (χ2n) is 3.03. The molecule has 14 heavy (non-hydrogen) atoms. The van der Waals surface area contributed by atoms with Gasteiger partial charge in [-0.2, -0.15) is 0 Å². The summed E-state index contributed by atoms with van der Waals surface area (Å²) < 4.78 is 5.15. The second-order valence-corrected chi connectivity index (χ2v) is 3.03. The Kier molecular flexibility index (Phi) is 2.50. The molecule has 0 aliphatic heterocycles. The third kappa shape index (κ3) is 1.77. The molecule has 2 rings (SSSR count). The van der Waals surface area contributed by atoms with Gasteiger partial charge in [0.05, 0.1) is 7.11 Å². The van der Waals surface area contributed by atoms with Gasteiger partial charge in [0.25, 0.3) is 0 Å². The summed E-state index contributed by atoms with van der Waals surface area (Å²) in [6.07, 6.45) is 0. The first-order chi connectivity index (χ1) is 6.90. The Hall–Kier alpha value is -1.76. The minimum Gasteiger partial charge on any atom is -0.497 e. The van der Waals surface area contributed by atoms with Gasteiger partial charge in [0.15, 0.2) is 0 Å². The van der Waals surface area contributed by atoms with Gasteiger partial charge in [-0.15, -0.1) is 0 Å². The van der Waals surface area contributed by atoms with E-state index >= 15 is 0 Å². The number of methoxy groups -OCH3 is 1. The van der Waals surface area contributed by atoms with Gasteiger partial charge in [-0.1, -0.05) is 30.3 Å². The van der Waals surface area contributed by atoms with Gasteiger partial charge in [0, 0.05) is 0 Å². The number of ether oxygens (including phenoxy) is 1. The Bertz CT molecular complexity index is 407. The molecule has 1 heteroatoms. The van der Waals surface area contributed by atoms with Crippen LogP contribution in [-0.4, -0.2) is 7.11 Å². The lowest BCUT2D eigenvalue weighted by atomic mass is 10.1. The van der Waals surface area contributed by atoms with Gasteiger partial charge in [-0.3, -0.25) is 0 Å². The summed E-state index contributed by atoms with van der Waals surface area (Å²) in [4.78, 5) is 0. The SMILES string of the molecule is COc1c[c]cc(-c2ccccc2)c1. The van der Waals surface area contributed by atoms with Crippen LogP contribution in [-0.2, 0) is 0 Å². The van der Waals surface area contributed by atoms with E-state index in [-0.39, 0.29) is 0 Å². The zero-order chi connectivity index (χ0) is 9.80. The number of benzene rings is 2. The van der Waals surface area contributed by atoms with Crippen LogP contribution in [0.25, 0.3) is 11.1 Å². The van der Waals surface area contributed by atoms with E-state index in [1.807, 2.05) is 36.4 Å². The maximum Gasteiger partial charge on any atom is 0.120 e. The Morgan fingerprint density at radius 1 is 1.00 bits per heavy atom. The average molecular weight is 183 g/mol. The first-order valence-electron chi connectivity index (χ1n) is 4.51. The molecule has 0 fully saturated rings.